The van der Waals surface area contributed by atoms with Gasteiger partial charge in [-0.2, -0.15) is 0 Å². The van der Waals surface area contributed by atoms with Gasteiger partial charge in [0.05, 0.1) is 11.4 Å². The van der Waals surface area contributed by atoms with E-state index < -0.39 is 0 Å². The number of benzene rings is 9. The van der Waals surface area contributed by atoms with E-state index in [9.17, 15) is 0 Å². The molecule has 0 N–H and O–H groups in total. The van der Waals surface area contributed by atoms with Crippen molar-refractivity contribution in [2.75, 3.05) is 4.90 Å². The molecule has 0 saturated carbocycles. The van der Waals surface area contributed by atoms with Crippen LogP contribution in [0.15, 0.2) is 188 Å². The highest BCUT2D eigenvalue weighted by Crippen LogP contribution is 2.54. The summed E-state index contributed by atoms with van der Waals surface area (Å²) in [5, 5.41) is 7.57. The first-order chi connectivity index (χ1) is 27.0. The molecule has 0 saturated heterocycles. The standard InChI is InChI=1S/C53H37NS/c1-53(2)45-22-12-10-19-41(45)42-29-28-38(33-46(42)53)54(48-32-37-16-6-7-17-39(37)40-18-8-9-20-43(40)48)47-30-31-50-52(44-21-11-13-23-49(44)55-50)51(47)36-26-24-35(25-27-36)34-14-4-3-5-15-34/h3-33H,1-2H3. The third kappa shape index (κ3) is 4.92. The van der Waals surface area contributed by atoms with Crippen molar-refractivity contribution >= 4 is 70.1 Å². The van der Waals surface area contributed by atoms with Gasteiger partial charge in [0, 0.05) is 42.2 Å². The largest absolute Gasteiger partial charge is 0.309 e. The van der Waals surface area contributed by atoms with Crippen molar-refractivity contribution < 1.29 is 0 Å². The van der Waals surface area contributed by atoms with E-state index in [1.165, 1.54) is 91.9 Å². The van der Waals surface area contributed by atoms with E-state index in [0.717, 1.165) is 11.4 Å². The molecular formula is C53H37NS. The number of nitrogens with zero attached hydrogens (tertiary/aromatic N) is 1. The second-order valence-electron chi connectivity index (χ2n) is 15.3. The summed E-state index contributed by atoms with van der Waals surface area (Å²) in [6.45, 7) is 4.75. The maximum atomic E-state index is 2.56. The van der Waals surface area contributed by atoms with E-state index in [1.54, 1.807) is 0 Å². The van der Waals surface area contributed by atoms with Crippen LogP contribution < -0.4 is 4.90 Å². The second kappa shape index (κ2) is 12.3. The van der Waals surface area contributed by atoms with Gasteiger partial charge in [-0.25, -0.2) is 0 Å². The lowest BCUT2D eigenvalue weighted by Gasteiger charge is -2.31. The average molecular weight is 720 g/mol. The van der Waals surface area contributed by atoms with E-state index in [1.807, 2.05) is 11.3 Å². The molecule has 11 rings (SSSR count). The van der Waals surface area contributed by atoms with Crippen LogP contribution in [0, 0.1) is 0 Å². The third-order valence-electron chi connectivity index (χ3n) is 11.9. The highest BCUT2D eigenvalue weighted by atomic mass is 32.1. The summed E-state index contributed by atoms with van der Waals surface area (Å²) >= 11 is 1.88. The first kappa shape index (κ1) is 32.0. The van der Waals surface area contributed by atoms with Crippen molar-refractivity contribution in [3.8, 4) is 33.4 Å². The fourth-order valence-corrected chi connectivity index (χ4v) is 10.3. The van der Waals surface area contributed by atoms with E-state index in [0.29, 0.717) is 0 Å². The molecule has 0 fully saturated rings. The van der Waals surface area contributed by atoms with Crippen LogP contribution in [-0.2, 0) is 5.41 Å². The average Bonchev–Trinajstić information content (AvgIpc) is 3.73. The molecule has 1 heterocycles. The summed E-state index contributed by atoms with van der Waals surface area (Å²) in [5.41, 5.74) is 13.6. The molecule has 260 valence electrons. The zero-order valence-corrected chi connectivity index (χ0v) is 31.6. The van der Waals surface area contributed by atoms with Crippen molar-refractivity contribution in [3.05, 3.63) is 199 Å². The first-order valence-corrected chi connectivity index (χ1v) is 19.9. The van der Waals surface area contributed by atoms with Gasteiger partial charge >= 0.3 is 0 Å². The molecule has 10 aromatic rings. The minimum Gasteiger partial charge on any atom is -0.309 e. The fraction of sp³-hybridized carbons (Fsp3) is 0.0566. The van der Waals surface area contributed by atoms with Gasteiger partial charge in [-0.05, 0) is 91.5 Å². The van der Waals surface area contributed by atoms with Gasteiger partial charge in [-0.3, -0.25) is 0 Å². The lowest BCUT2D eigenvalue weighted by Crippen LogP contribution is -2.17. The molecule has 1 aliphatic rings. The Bertz CT molecular complexity index is 3110. The van der Waals surface area contributed by atoms with Crippen LogP contribution in [0.3, 0.4) is 0 Å². The molecule has 2 heteroatoms. The topological polar surface area (TPSA) is 3.24 Å². The number of thiophene rings is 1. The Hall–Kier alpha value is -6.48. The van der Waals surface area contributed by atoms with Crippen molar-refractivity contribution in [3.63, 3.8) is 0 Å². The van der Waals surface area contributed by atoms with Gasteiger partial charge in [0.1, 0.15) is 0 Å². The Morgan fingerprint density at radius 1 is 0.418 bits per heavy atom. The number of anilines is 3. The monoisotopic (exact) mass is 719 g/mol. The van der Waals surface area contributed by atoms with Crippen LogP contribution in [-0.4, -0.2) is 0 Å². The minimum atomic E-state index is -0.136. The number of rotatable bonds is 5. The molecule has 0 atom stereocenters. The van der Waals surface area contributed by atoms with Crippen LogP contribution in [0.4, 0.5) is 17.1 Å². The van der Waals surface area contributed by atoms with Gasteiger partial charge in [-0.15, -0.1) is 11.3 Å². The molecule has 9 aromatic carbocycles. The van der Waals surface area contributed by atoms with Gasteiger partial charge in [0.15, 0.2) is 0 Å². The third-order valence-corrected chi connectivity index (χ3v) is 13.0. The molecule has 0 spiro atoms. The molecule has 1 aromatic heterocycles. The lowest BCUT2D eigenvalue weighted by molar-refractivity contribution is 0.660. The Balaban J connectivity index is 1.24. The Morgan fingerprint density at radius 3 is 1.89 bits per heavy atom. The molecule has 0 unspecified atom stereocenters. The van der Waals surface area contributed by atoms with E-state index in [2.05, 4.69) is 207 Å². The predicted octanol–water partition coefficient (Wildman–Crippen LogP) is 15.5. The first-order valence-electron chi connectivity index (χ1n) is 19.1. The quantitative estimate of drug-likeness (QED) is 0.160. The van der Waals surface area contributed by atoms with Gasteiger partial charge < -0.3 is 4.90 Å². The molecule has 1 nitrogen and oxygen atoms in total. The summed E-state index contributed by atoms with van der Waals surface area (Å²) in [7, 11) is 0. The van der Waals surface area contributed by atoms with E-state index in [4.69, 9.17) is 0 Å². The number of fused-ring (bicyclic) bond motifs is 9. The molecular weight excluding hydrogens is 683 g/mol. The highest BCUT2D eigenvalue weighted by Gasteiger charge is 2.36. The molecule has 0 amide bonds. The van der Waals surface area contributed by atoms with Crippen LogP contribution in [0.25, 0.3) is 75.1 Å². The Morgan fingerprint density at radius 2 is 1.05 bits per heavy atom. The zero-order chi connectivity index (χ0) is 36.7. The van der Waals surface area contributed by atoms with Crippen LogP contribution in [0.5, 0.6) is 0 Å². The van der Waals surface area contributed by atoms with Crippen molar-refractivity contribution in [2.45, 2.75) is 19.3 Å². The van der Waals surface area contributed by atoms with Crippen LogP contribution in [0.1, 0.15) is 25.0 Å². The Labute approximate surface area is 325 Å². The second-order valence-corrected chi connectivity index (χ2v) is 16.4. The maximum absolute atomic E-state index is 2.56. The van der Waals surface area contributed by atoms with E-state index in [-0.39, 0.29) is 5.41 Å². The number of hydrogen-bond acceptors (Lipinski definition) is 2. The normalized spacial score (nSPS) is 13.1. The van der Waals surface area contributed by atoms with Crippen LogP contribution >= 0.6 is 11.3 Å². The van der Waals surface area contributed by atoms with Crippen molar-refractivity contribution in [1.82, 2.24) is 0 Å². The maximum Gasteiger partial charge on any atom is 0.0547 e. The Kier molecular flexibility index (Phi) is 7.14. The van der Waals surface area contributed by atoms with Crippen LogP contribution in [0.2, 0.25) is 0 Å². The molecule has 0 aliphatic heterocycles. The van der Waals surface area contributed by atoms with Gasteiger partial charge in [-0.1, -0.05) is 166 Å². The summed E-state index contributed by atoms with van der Waals surface area (Å²) in [6.07, 6.45) is 0. The molecule has 1 aliphatic carbocycles. The van der Waals surface area contributed by atoms with Gasteiger partial charge in [0.25, 0.3) is 0 Å². The predicted molar refractivity (Wildman–Crippen MR) is 237 cm³/mol. The summed E-state index contributed by atoms with van der Waals surface area (Å²) in [4.78, 5) is 2.56. The van der Waals surface area contributed by atoms with Gasteiger partial charge in [0.2, 0.25) is 0 Å². The molecule has 55 heavy (non-hydrogen) atoms. The number of hydrogen-bond donors (Lipinski definition) is 0. The SMILES string of the molecule is CC1(C)c2ccccc2-c2ccc(N(c3ccc4sc5ccccc5c4c3-c3ccc(-c4ccccc4)cc3)c3cc4ccccc4c4ccccc34)cc21. The minimum absolute atomic E-state index is 0.136. The molecule has 0 radical (unpaired) electrons. The smallest absolute Gasteiger partial charge is 0.0547 e. The molecule has 0 bridgehead atoms. The summed E-state index contributed by atoms with van der Waals surface area (Å²) < 4.78 is 2.59. The summed E-state index contributed by atoms with van der Waals surface area (Å²) in [6, 6.07) is 69.8. The van der Waals surface area contributed by atoms with E-state index >= 15 is 0 Å². The van der Waals surface area contributed by atoms with Crippen molar-refractivity contribution in [2.24, 2.45) is 0 Å². The van der Waals surface area contributed by atoms with Crippen molar-refractivity contribution in [1.29, 1.82) is 0 Å². The lowest BCUT2D eigenvalue weighted by atomic mass is 9.82. The summed E-state index contributed by atoms with van der Waals surface area (Å²) in [5.74, 6) is 0. The highest BCUT2D eigenvalue weighted by molar-refractivity contribution is 7.26. The fourth-order valence-electron chi connectivity index (χ4n) is 9.20. The zero-order valence-electron chi connectivity index (χ0n) is 30.8.